The van der Waals surface area contributed by atoms with Crippen LogP contribution in [-0.4, -0.2) is 44.9 Å². The minimum Gasteiger partial charge on any atom is -0.317 e. The highest BCUT2D eigenvalue weighted by atomic mass is 32.2. The molecule has 6 heteroatoms. The number of rotatable bonds is 8. The maximum atomic E-state index is 12.3. The van der Waals surface area contributed by atoms with Gasteiger partial charge in [0.1, 0.15) is 0 Å². The minimum absolute atomic E-state index is 0.194. The lowest BCUT2D eigenvalue weighted by molar-refractivity contribution is 0.266. The maximum Gasteiger partial charge on any atom is 0.279 e. The van der Waals surface area contributed by atoms with E-state index < -0.39 is 10.2 Å². The summed E-state index contributed by atoms with van der Waals surface area (Å²) in [6, 6.07) is 0.194. The van der Waals surface area contributed by atoms with Crippen LogP contribution < -0.4 is 10.0 Å². The molecular formula is C14H29N3O2S. The highest BCUT2D eigenvalue weighted by Crippen LogP contribution is 2.35. The molecule has 0 amide bonds. The van der Waals surface area contributed by atoms with Crippen LogP contribution >= 0.6 is 0 Å². The molecule has 1 aliphatic heterocycles. The predicted molar refractivity (Wildman–Crippen MR) is 81.7 cm³/mol. The van der Waals surface area contributed by atoms with Crippen molar-refractivity contribution in [1.82, 2.24) is 14.3 Å². The Morgan fingerprint density at radius 1 is 1.20 bits per heavy atom. The van der Waals surface area contributed by atoms with Gasteiger partial charge in [0.2, 0.25) is 0 Å². The third kappa shape index (κ3) is 4.41. The number of piperidine rings is 1. The Kier molecular flexibility index (Phi) is 5.84. The summed E-state index contributed by atoms with van der Waals surface area (Å²) < 4.78 is 29.1. The Balaban J connectivity index is 1.75. The molecule has 1 aliphatic carbocycles. The van der Waals surface area contributed by atoms with Crippen molar-refractivity contribution in [3.05, 3.63) is 0 Å². The molecule has 118 valence electrons. The fourth-order valence-electron chi connectivity index (χ4n) is 3.05. The first kappa shape index (κ1) is 16.2. The monoisotopic (exact) mass is 303 g/mol. The Bertz CT molecular complexity index is 391. The molecule has 2 aliphatic rings. The Morgan fingerprint density at radius 3 is 2.50 bits per heavy atom. The summed E-state index contributed by atoms with van der Waals surface area (Å²) in [4.78, 5) is 0. The van der Waals surface area contributed by atoms with Gasteiger partial charge in [-0.3, -0.25) is 0 Å². The first-order valence-corrected chi connectivity index (χ1v) is 9.49. The van der Waals surface area contributed by atoms with Crippen molar-refractivity contribution in [2.75, 3.05) is 26.2 Å². The van der Waals surface area contributed by atoms with Gasteiger partial charge in [-0.2, -0.15) is 17.4 Å². The summed E-state index contributed by atoms with van der Waals surface area (Å²) in [5.41, 5.74) is 0. The van der Waals surface area contributed by atoms with Gasteiger partial charge in [0.05, 0.1) is 0 Å². The lowest BCUT2D eigenvalue weighted by Gasteiger charge is -2.31. The fourth-order valence-corrected chi connectivity index (χ4v) is 4.56. The molecule has 2 atom stereocenters. The summed E-state index contributed by atoms with van der Waals surface area (Å²) >= 11 is 0. The van der Waals surface area contributed by atoms with E-state index in [9.17, 15) is 8.42 Å². The second-order valence-electron chi connectivity index (χ2n) is 6.16. The van der Waals surface area contributed by atoms with Crippen LogP contribution in [0.15, 0.2) is 0 Å². The smallest absolute Gasteiger partial charge is 0.279 e. The lowest BCUT2D eigenvalue weighted by atomic mass is 9.98. The van der Waals surface area contributed by atoms with E-state index >= 15 is 0 Å². The zero-order valence-corrected chi connectivity index (χ0v) is 13.6. The van der Waals surface area contributed by atoms with E-state index in [0.29, 0.717) is 24.9 Å². The van der Waals surface area contributed by atoms with Gasteiger partial charge in [-0.25, -0.2) is 0 Å². The molecule has 0 spiro atoms. The lowest BCUT2D eigenvalue weighted by Crippen LogP contribution is -2.47. The van der Waals surface area contributed by atoms with Crippen LogP contribution in [0.2, 0.25) is 0 Å². The molecule has 2 rings (SSSR count). The molecule has 0 bridgehead atoms. The second kappa shape index (κ2) is 7.20. The third-order valence-corrected chi connectivity index (χ3v) is 6.12. The molecule has 0 aromatic rings. The standard InChI is InChI=1S/C14H29N3O2S/c1-3-5-13-10-14(13)16-20(18,19)17-8-6-12(7-9-17)11-15-4-2/h12-16H,3-11H2,1-2H3. The SMILES string of the molecule is CCCC1CC1NS(=O)(=O)N1CCC(CNCC)CC1. The van der Waals surface area contributed by atoms with Crippen molar-refractivity contribution < 1.29 is 8.42 Å². The van der Waals surface area contributed by atoms with Gasteiger partial charge in [-0.1, -0.05) is 20.3 Å². The summed E-state index contributed by atoms with van der Waals surface area (Å²) in [6.07, 6.45) is 5.23. The van der Waals surface area contributed by atoms with Gasteiger partial charge in [-0.05, 0) is 50.6 Å². The normalized spacial score (nSPS) is 28.7. The van der Waals surface area contributed by atoms with Gasteiger partial charge >= 0.3 is 0 Å². The molecule has 2 unspecified atom stereocenters. The Hall–Kier alpha value is -0.170. The predicted octanol–water partition coefficient (Wildman–Crippen LogP) is 1.33. The highest BCUT2D eigenvalue weighted by Gasteiger charge is 2.40. The molecule has 20 heavy (non-hydrogen) atoms. The van der Waals surface area contributed by atoms with Gasteiger partial charge in [0.25, 0.3) is 10.2 Å². The largest absolute Gasteiger partial charge is 0.317 e. The van der Waals surface area contributed by atoms with Crippen molar-refractivity contribution in [1.29, 1.82) is 0 Å². The first-order valence-electron chi connectivity index (χ1n) is 8.05. The van der Waals surface area contributed by atoms with Crippen LogP contribution in [0.1, 0.15) is 46.0 Å². The second-order valence-corrected chi connectivity index (χ2v) is 7.87. The number of hydrogen-bond acceptors (Lipinski definition) is 3. The molecule has 1 saturated heterocycles. The van der Waals surface area contributed by atoms with Crippen LogP contribution in [0.5, 0.6) is 0 Å². The van der Waals surface area contributed by atoms with Crippen LogP contribution in [0.3, 0.4) is 0 Å². The number of hydrogen-bond donors (Lipinski definition) is 2. The van der Waals surface area contributed by atoms with Gasteiger partial charge in [0, 0.05) is 19.1 Å². The molecule has 0 aromatic carbocycles. The van der Waals surface area contributed by atoms with E-state index in [4.69, 9.17) is 0 Å². The summed E-state index contributed by atoms with van der Waals surface area (Å²) in [5.74, 6) is 1.19. The van der Waals surface area contributed by atoms with Crippen molar-refractivity contribution >= 4 is 10.2 Å². The molecule has 0 radical (unpaired) electrons. The molecule has 2 N–H and O–H groups in total. The van der Waals surface area contributed by atoms with E-state index in [1.165, 1.54) is 0 Å². The van der Waals surface area contributed by atoms with E-state index in [0.717, 1.165) is 45.2 Å². The van der Waals surface area contributed by atoms with E-state index in [2.05, 4.69) is 23.9 Å². The van der Waals surface area contributed by atoms with Crippen molar-refractivity contribution in [2.45, 2.75) is 52.0 Å². The molecule has 2 fully saturated rings. The topological polar surface area (TPSA) is 61.4 Å². The van der Waals surface area contributed by atoms with Gasteiger partial charge < -0.3 is 5.32 Å². The summed E-state index contributed by atoms with van der Waals surface area (Å²) in [5, 5.41) is 3.35. The molecule has 1 heterocycles. The van der Waals surface area contributed by atoms with Crippen LogP contribution in [0.25, 0.3) is 0 Å². The number of nitrogens with zero attached hydrogens (tertiary/aromatic N) is 1. The van der Waals surface area contributed by atoms with Crippen LogP contribution in [-0.2, 0) is 10.2 Å². The van der Waals surface area contributed by atoms with Crippen molar-refractivity contribution in [3.8, 4) is 0 Å². The quantitative estimate of drug-likeness (QED) is 0.711. The van der Waals surface area contributed by atoms with E-state index in [1.54, 1.807) is 4.31 Å². The zero-order valence-electron chi connectivity index (χ0n) is 12.8. The Labute approximate surface area is 123 Å². The fraction of sp³-hybridized carbons (Fsp3) is 1.00. The molecular weight excluding hydrogens is 274 g/mol. The zero-order chi connectivity index (χ0) is 14.6. The minimum atomic E-state index is -3.25. The number of nitrogens with one attached hydrogen (secondary N) is 2. The Morgan fingerprint density at radius 2 is 1.90 bits per heavy atom. The molecule has 1 saturated carbocycles. The summed E-state index contributed by atoms with van der Waals surface area (Å²) in [6.45, 7) is 7.58. The van der Waals surface area contributed by atoms with Crippen molar-refractivity contribution in [3.63, 3.8) is 0 Å². The average Bonchev–Trinajstić information content (AvgIpc) is 3.14. The van der Waals surface area contributed by atoms with Crippen LogP contribution in [0, 0.1) is 11.8 Å². The van der Waals surface area contributed by atoms with Crippen molar-refractivity contribution in [2.24, 2.45) is 11.8 Å². The average molecular weight is 303 g/mol. The molecule has 0 aromatic heterocycles. The first-order chi connectivity index (χ1) is 9.56. The van der Waals surface area contributed by atoms with E-state index in [-0.39, 0.29) is 6.04 Å². The van der Waals surface area contributed by atoms with Gasteiger partial charge in [0.15, 0.2) is 0 Å². The maximum absolute atomic E-state index is 12.3. The van der Waals surface area contributed by atoms with E-state index in [1.807, 2.05) is 0 Å². The summed E-state index contributed by atoms with van der Waals surface area (Å²) in [7, 11) is -3.25. The third-order valence-electron chi connectivity index (χ3n) is 4.48. The van der Waals surface area contributed by atoms with Crippen LogP contribution in [0.4, 0.5) is 0 Å². The highest BCUT2D eigenvalue weighted by molar-refractivity contribution is 7.87. The van der Waals surface area contributed by atoms with Gasteiger partial charge in [-0.15, -0.1) is 0 Å². The molecule has 5 nitrogen and oxygen atoms in total.